The molecule has 0 aliphatic heterocycles. The number of aromatic nitrogens is 4. The van der Waals surface area contributed by atoms with Gasteiger partial charge in [-0.05, 0) is 63.7 Å². The molecule has 290 valence electrons. The Morgan fingerprint density at radius 3 is 1.48 bits per heavy atom. The van der Waals surface area contributed by atoms with Crippen molar-refractivity contribution in [3.63, 3.8) is 0 Å². The lowest BCUT2D eigenvalue weighted by Gasteiger charge is -2.34. The SMILES string of the molecule is c1ccc(-c2cc(-c3ccccc3)nc(-c3cc4c(cc3-c3nc(-c5ccccc5)c5oc6ccccc6c5n3)C(c3ccccc3)(c3ccccc3)c3ccccc3-4)n2)cc1. The van der Waals surface area contributed by atoms with Crippen molar-refractivity contribution in [2.75, 3.05) is 0 Å². The molecule has 5 heteroatoms. The molecule has 8 aromatic carbocycles. The van der Waals surface area contributed by atoms with Crippen LogP contribution >= 0.6 is 0 Å². The van der Waals surface area contributed by atoms with Crippen molar-refractivity contribution in [3.05, 3.63) is 241 Å². The summed E-state index contributed by atoms with van der Waals surface area (Å²) in [4.78, 5) is 21.8. The van der Waals surface area contributed by atoms with Crippen molar-refractivity contribution in [3.8, 4) is 67.7 Å². The van der Waals surface area contributed by atoms with E-state index in [4.69, 9.17) is 24.4 Å². The van der Waals surface area contributed by atoms with E-state index in [-0.39, 0.29) is 0 Å². The molecule has 1 aliphatic carbocycles. The summed E-state index contributed by atoms with van der Waals surface area (Å²) >= 11 is 0. The first kappa shape index (κ1) is 35.6. The van der Waals surface area contributed by atoms with Gasteiger partial charge in [-0.25, -0.2) is 19.9 Å². The van der Waals surface area contributed by atoms with Crippen molar-refractivity contribution in [2.45, 2.75) is 5.41 Å². The van der Waals surface area contributed by atoms with Crippen molar-refractivity contribution in [1.29, 1.82) is 0 Å². The first-order valence-corrected chi connectivity index (χ1v) is 20.9. The monoisotopic (exact) mass is 792 g/mol. The van der Waals surface area contributed by atoms with Crippen LogP contribution in [0.5, 0.6) is 0 Å². The van der Waals surface area contributed by atoms with Gasteiger partial charge in [-0.3, -0.25) is 0 Å². The zero-order chi connectivity index (χ0) is 41.0. The second kappa shape index (κ2) is 14.5. The highest BCUT2D eigenvalue weighted by atomic mass is 16.3. The van der Waals surface area contributed by atoms with Crippen LogP contribution < -0.4 is 0 Å². The van der Waals surface area contributed by atoms with Gasteiger partial charge in [0, 0.05) is 33.2 Å². The number of nitrogens with zero attached hydrogens (tertiary/aromatic N) is 4. The van der Waals surface area contributed by atoms with Crippen molar-refractivity contribution < 1.29 is 4.42 Å². The van der Waals surface area contributed by atoms with E-state index in [9.17, 15) is 0 Å². The summed E-state index contributed by atoms with van der Waals surface area (Å²) in [5.41, 5.74) is 15.4. The van der Waals surface area contributed by atoms with E-state index in [0.717, 1.165) is 78.1 Å². The highest BCUT2D eigenvalue weighted by Gasteiger charge is 2.46. The molecule has 5 nitrogen and oxygen atoms in total. The Hall–Kier alpha value is -8.28. The van der Waals surface area contributed by atoms with Crippen LogP contribution in [-0.4, -0.2) is 19.9 Å². The molecule has 0 amide bonds. The van der Waals surface area contributed by atoms with Gasteiger partial charge in [-0.1, -0.05) is 188 Å². The maximum absolute atomic E-state index is 6.59. The number of rotatable bonds is 7. The second-order valence-electron chi connectivity index (χ2n) is 15.7. The molecule has 0 saturated carbocycles. The lowest BCUT2D eigenvalue weighted by Crippen LogP contribution is -2.28. The van der Waals surface area contributed by atoms with Gasteiger partial charge in [0.05, 0.1) is 16.8 Å². The first-order valence-electron chi connectivity index (χ1n) is 20.9. The molecular formula is C57H36N4O. The van der Waals surface area contributed by atoms with E-state index >= 15 is 0 Å². The molecule has 0 radical (unpaired) electrons. The Bertz CT molecular complexity index is 3340. The predicted octanol–water partition coefficient (Wildman–Crippen LogP) is 13.9. The van der Waals surface area contributed by atoms with Crippen LogP contribution in [0.15, 0.2) is 223 Å². The normalized spacial score (nSPS) is 12.6. The van der Waals surface area contributed by atoms with Gasteiger partial charge in [0.25, 0.3) is 0 Å². The Labute approximate surface area is 358 Å². The molecule has 0 N–H and O–H groups in total. The Morgan fingerprint density at radius 2 is 0.855 bits per heavy atom. The van der Waals surface area contributed by atoms with Crippen LogP contribution in [0.2, 0.25) is 0 Å². The molecule has 62 heavy (non-hydrogen) atoms. The number of furan rings is 1. The largest absolute Gasteiger partial charge is 0.452 e. The summed E-state index contributed by atoms with van der Waals surface area (Å²) in [6.07, 6.45) is 0. The molecule has 0 fully saturated rings. The summed E-state index contributed by atoms with van der Waals surface area (Å²) in [7, 11) is 0. The maximum atomic E-state index is 6.59. The van der Waals surface area contributed by atoms with Gasteiger partial charge in [-0.2, -0.15) is 0 Å². The summed E-state index contributed by atoms with van der Waals surface area (Å²) in [6.45, 7) is 0. The average molecular weight is 793 g/mol. The van der Waals surface area contributed by atoms with Gasteiger partial charge in [0.15, 0.2) is 17.2 Å². The second-order valence-corrected chi connectivity index (χ2v) is 15.7. The third kappa shape index (κ3) is 5.63. The zero-order valence-corrected chi connectivity index (χ0v) is 33.5. The van der Waals surface area contributed by atoms with Gasteiger partial charge in [0.1, 0.15) is 16.8 Å². The van der Waals surface area contributed by atoms with Crippen LogP contribution in [0.4, 0.5) is 0 Å². The molecule has 0 unspecified atom stereocenters. The lowest BCUT2D eigenvalue weighted by atomic mass is 9.67. The zero-order valence-electron chi connectivity index (χ0n) is 33.5. The fourth-order valence-electron chi connectivity index (χ4n) is 9.44. The molecule has 0 saturated heterocycles. The smallest absolute Gasteiger partial charge is 0.180 e. The molecule has 12 rings (SSSR count). The van der Waals surface area contributed by atoms with Crippen LogP contribution in [0.3, 0.4) is 0 Å². The number of hydrogen-bond acceptors (Lipinski definition) is 5. The van der Waals surface area contributed by atoms with E-state index in [1.165, 1.54) is 16.7 Å². The Balaban J connectivity index is 1.24. The van der Waals surface area contributed by atoms with Gasteiger partial charge in [-0.15, -0.1) is 0 Å². The Morgan fingerprint density at radius 1 is 0.355 bits per heavy atom. The van der Waals surface area contributed by atoms with E-state index in [0.29, 0.717) is 17.2 Å². The minimum absolute atomic E-state index is 0.557. The number of fused-ring (bicyclic) bond motifs is 6. The van der Waals surface area contributed by atoms with E-state index in [1.807, 2.05) is 72.8 Å². The van der Waals surface area contributed by atoms with Crippen molar-refractivity contribution in [2.24, 2.45) is 0 Å². The highest BCUT2D eigenvalue weighted by Crippen LogP contribution is 2.58. The van der Waals surface area contributed by atoms with Crippen LogP contribution in [-0.2, 0) is 5.41 Å². The molecule has 0 atom stereocenters. The molecule has 0 bridgehead atoms. The lowest BCUT2D eigenvalue weighted by molar-refractivity contribution is 0.667. The summed E-state index contributed by atoms with van der Waals surface area (Å²) in [5, 5.41) is 0.926. The molecule has 1 aliphatic rings. The fourth-order valence-corrected chi connectivity index (χ4v) is 9.44. The van der Waals surface area contributed by atoms with Crippen LogP contribution in [0.25, 0.3) is 89.7 Å². The summed E-state index contributed by atoms with van der Waals surface area (Å²) in [6, 6.07) is 76.2. The third-order valence-corrected chi connectivity index (χ3v) is 12.2. The number of benzene rings is 8. The maximum Gasteiger partial charge on any atom is 0.180 e. The van der Waals surface area contributed by atoms with Crippen LogP contribution in [0, 0.1) is 0 Å². The molecular weight excluding hydrogens is 757 g/mol. The van der Waals surface area contributed by atoms with Gasteiger partial charge in [0.2, 0.25) is 0 Å². The molecule has 3 aromatic heterocycles. The molecule has 0 spiro atoms. The van der Waals surface area contributed by atoms with Crippen molar-refractivity contribution >= 4 is 22.1 Å². The topological polar surface area (TPSA) is 64.7 Å². The van der Waals surface area contributed by atoms with E-state index in [1.54, 1.807) is 0 Å². The summed E-state index contributed by atoms with van der Waals surface area (Å²) in [5.74, 6) is 1.14. The van der Waals surface area contributed by atoms with Gasteiger partial charge >= 0.3 is 0 Å². The fraction of sp³-hybridized carbons (Fsp3) is 0.0175. The quantitative estimate of drug-likeness (QED) is 0.161. The third-order valence-electron chi connectivity index (χ3n) is 12.2. The van der Waals surface area contributed by atoms with Gasteiger partial charge < -0.3 is 4.42 Å². The number of hydrogen-bond donors (Lipinski definition) is 0. The van der Waals surface area contributed by atoms with Crippen LogP contribution in [0.1, 0.15) is 22.3 Å². The van der Waals surface area contributed by atoms with Crippen molar-refractivity contribution in [1.82, 2.24) is 19.9 Å². The Kier molecular flexibility index (Phi) is 8.32. The highest BCUT2D eigenvalue weighted by molar-refractivity contribution is 6.07. The van der Waals surface area contributed by atoms with E-state index < -0.39 is 5.41 Å². The first-order chi connectivity index (χ1) is 30.7. The minimum atomic E-state index is -0.654. The minimum Gasteiger partial charge on any atom is -0.452 e. The van der Waals surface area contributed by atoms with E-state index in [2.05, 4.69) is 146 Å². The standard InChI is InChI=1S/C57H36N4O/c1-6-20-37(21-7-1)49-36-50(38-22-8-2-9-23-38)59-55(58-49)45-34-44-42-30-16-18-32-47(42)57(40-26-12-4-13-27-40,41-28-14-5-15-29-41)48(44)35-46(45)56-60-52(39-24-10-3-11-25-39)54-53(61-56)43-31-17-19-33-51(43)62-54/h1-36H. The average Bonchev–Trinajstić information content (AvgIpc) is 3.88. The molecule has 3 heterocycles. The number of para-hydroxylation sites is 1. The summed E-state index contributed by atoms with van der Waals surface area (Å²) < 4.78 is 6.59. The molecule has 11 aromatic rings. The predicted molar refractivity (Wildman–Crippen MR) is 249 cm³/mol.